The van der Waals surface area contributed by atoms with Crippen molar-refractivity contribution in [2.24, 2.45) is 0 Å². The van der Waals surface area contributed by atoms with Gasteiger partial charge in [0.2, 0.25) is 5.95 Å². The molecule has 0 atom stereocenters. The standard InChI is InChI=1S/C12H17ClN4/c1-2-3-4-5-8-14-12-15-11-7-6-10(13)9-17(11)16-12/h6-7,9H,2-5,8H2,1H3,(H,14,16). The molecule has 4 nitrogen and oxygen atoms in total. The first-order valence-corrected chi connectivity index (χ1v) is 6.43. The van der Waals surface area contributed by atoms with E-state index in [0.29, 0.717) is 11.0 Å². The lowest BCUT2D eigenvalue weighted by molar-refractivity contribution is 0.683. The topological polar surface area (TPSA) is 42.2 Å². The minimum atomic E-state index is 0.664. The second-order valence-electron chi connectivity index (χ2n) is 4.07. The maximum absolute atomic E-state index is 5.88. The molecule has 2 aromatic rings. The van der Waals surface area contributed by atoms with Crippen LogP contribution in [0.25, 0.3) is 5.65 Å². The molecular weight excluding hydrogens is 236 g/mol. The molecule has 0 aliphatic rings. The van der Waals surface area contributed by atoms with E-state index in [4.69, 9.17) is 11.6 Å². The van der Waals surface area contributed by atoms with Crippen LogP contribution in [0, 0.1) is 0 Å². The molecule has 1 N–H and O–H groups in total. The fraction of sp³-hybridized carbons (Fsp3) is 0.500. The molecule has 0 fully saturated rings. The van der Waals surface area contributed by atoms with E-state index in [1.807, 2.05) is 12.1 Å². The van der Waals surface area contributed by atoms with Gasteiger partial charge in [-0.2, -0.15) is 4.98 Å². The summed E-state index contributed by atoms with van der Waals surface area (Å²) in [6, 6.07) is 3.67. The first-order chi connectivity index (χ1) is 8.29. The number of rotatable bonds is 6. The van der Waals surface area contributed by atoms with Crippen molar-refractivity contribution < 1.29 is 0 Å². The third-order valence-electron chi connectivity index (χ3n) is 2.61. The van der Waals surface area contributed by atoms with Crippen LogP contribution in [0.3, 0.4) is 0 Å². The van der Waals surface area contributed by atoms with Crippen molar-refractivity contribution in [3.05, 3.63) is 23.4 Å². The normalized spacial score (nSPS) is 10.9. The molecule has 5 heteroatoms. The lowest BCUT2D eigenvalue weighted by Crippen LogP contribution is -2.03. The Morgan fingerprint density at radius 1 is 1.29 bits per heavy atom. The van der Waals surface area contributed by atoms with Gasteiger partial charge in [0, 0.05) is 12.7 Å². The number of fused-ring (bicyclic) bond motifs is 1. The van der Waals surface area contributed by atoms with Gasteiger partial charge in [-0.05, 0) is 18.6 Å². The second-order valence-corrected chi connectivity index (χ2v) is 4.51. The fourth-order valence-electron chi connectivity index (χ4n) is 1.68. The van der Waals surface area contributed by atoms with E-state index >= 15 is 0 Å². The van der Waals surface area contributed by atoms with Gasteiger partial charge in [0.05, 0.1) is 5.02 Å². The molecule has 0 unspecified atom stereocenters. The van der Waals surface area contributed by atoms with Crippen molar-refractivity contribution in [1.29, 1.82) is 0 Å². The average molecular weight is 253 g/mol. The molecule has 0 spiro atoms. The first-order valence-electron chi connectivity index (χ1n) is 6.05. The van der Waals surface area contributed by atoms with Gasteiger partial charge in [0.15, 0.2) is 5.65 Å². The van der Waals surface area contributed by atoms with E-state index in [1.165, 1.54) is 19.3 Å². The van der Waals surface area contributed by atoms with Crippen LogP contribution in [-0.4, -0.2) is 21.1 Å². The highest BCUT2D eigenvalue weighted by molar-refractivity contribution is 6.30. The third-order valence-corrected chi connectivity index (χ3v) is 2.83. The van der Waals surface area contributed by atoms with Gasteiger partial charge in [-0.15, -0.1) is 5.10 Å². The zero-order valence-corrected chi connectivity index (χ0v) is 10.7. The van der Waals surface area contributed by atoms with Crippen LogP contribution in [0.4, 0.5) is 5.95 Å². The van der Waals surface area contributed by atoms with Crippen molar-refractivity contribution in [3.63, 3.8) is 0 Å². The highest BCUT2D eigenvalue weighted by Crippen LogP contribution is 2.11. The van der Waals surface area contributed by atoms with Gasteiger partial charge >= 0.3 is 0 Å². The quantitative estimate of drug-likeness (QED) is 0.802. The van der Waals surface area contributed by atoms with Gasteiger partial charge in [0.25, 0.3) is 0 Å². The van der Waals surface area contributed by atoms with Crippen LogP contribution in [0.2, 0.25) is 5.02 Å². The number of hydrogen-bond donors (Lipinski definition) is 1. The van der Waals surface area contributed by atoms with Crippen molar-refractivity contribution in [2.75, 3.05) is 11.9 Å². The highest BCUT2D eigenvalue weighted by atomic mass is 35.5. The second kappa shape index (κ2) is 5.87. The minimum Gasteiger partial charge on any atom is -0.353 e. The molecular formula is C12H17ClN4. The van der Waals surface area contributed by atoms with Gasteiger partial charge < -0.3 is 5.32 Å². The number of nitrogens with zero attached hydrogens (tertiary/aromatic N) is 3. The lowest BCUT2D eigenvalue weighted by atomic mass is 10.2. The van der Waals surface area contributed by atoms with E-state index in [9.17, 15) is 0 Å². The zero-order chi connectivity index (χ0) is 12.1. The fourth-order valence-corrected chi connectivity index (χ4v) is 1.84. The molecule has 92 valence electrons. The number of anilines is 1. The number of halogens is 1. The SMILES string of the molecule is CCCCCCNc1nc2ccc(Cl)cn2n1. The van der Waals surface area contributed by atoms with Crippen LogP contribution in [0.5, 0.6) is 0 Å². The number of nitrogens with one attached hydrogen (secondary N) is 1. The number of unbranched alkanes of at least 4 members (excludes halogenated alkanes) is 3. The van der Waals surface area contributed by atoms with Crippen LogP contribution >= 0.6 is 11.6 Å². The Kier molecular flexibility index (Phi) is 4.20. The summed E-state index contributed by atoms with van der Waals surface area (Å²) in [6.07, 6.45) is 6.71. The largest absolute Gasteiger partial charge is 0.353 e. The molecule has 17 heavy (non-hydrogen) atoms. The van der Waals surface area contributed by atoms with E-state index < -0.39 is 0 Å². The van der Waals surface area contributed by atoms with E-state index in [2.05, 4.69) is 22.3 Å². The zero-order valence-electron chi connectivity index (χ0n) is 9.99. The Morgan fingerprint density at radius 3 is 3.00 bits per heavy atom. The molecule has 0 amide bonds. The minimum absolute atomic E-state index is 0.664. The Hall–Kier alpha value is -1.29. The van der Waals surface area contributed by atoms with Gasteiger partial charge in [-0.25, -0.2) is 4.52 Å². The van der Waals surface area contributed by atoms with Crippen LogP contribution in [0.15, 0.2) is 18.3 Å². The maximum atomic E-state index is 5.88. The molecule has 2 aromatic heterocycles. The van der Waals surface area contributed by atoms with Crippen LogP contribution in [0.1, 0.15) is 32.6 Å². The van der Waals surface area contributed by atoms with Gasteiger partial charge in [-0.1, -0.05) is 37.8 Å². The van der Waals surface area contributed by atoms with Gasteiger partial charge in [-0.3, -0.25) is 0 Å². The molecule has 0 aliphatic carbocycles. The highest BCUT2D eigenvalue weighted by Gasteiger charge is 2.02. The monoisotopic (exact) mass is 252 g/mol. The summed E-state index contributed by atoms with van der Waals surface area (Å²) in [5.41, 5.74) is 0.811. The van der Waals surface area contributed by atoms with E-state index in [-0.39, 0.29) is 0 Å². The van der Waals surface area contributed by atoms with Crippen LogP contribution in [-0.2, 0) is 0 Å². The molecule has 0 saturated heterocycles. The predicted molar refractivity (Wildman–Crippen MR) is 70.6 cm³/mol. The predicted octanol–water partition coefficient (Wildman–Crippen LogP) is 3.37. The molecule has 2 heterocycles. The van der Waals surface area contributed by atoms with Crippen molar-refractivity contribution >= 4 is 23.2 Å². The Bertz CT molecular complexity index is 480. The summed E-state index contributed by atoms with van der Waals surface area (Å²) >= 11 is 5.88. The Balaban J connectivity index is 1.91. The summed E-state index contributed by atoms with van der Waals surface area (Å²) in [6.45, 7) is 3.13. The Labute approximate surface area is 106 Å². The summed E-state index contributed by atoms with van der Waals surface area (Å²) in [5.74, 6) is 0.670. The third kappa shape index (κ3) is 3.33. The van der Waals surface area contributed by atoms with E-state index in [0.717, 1.165) is 18.6 Å². The lowest BCUT2D eigenvalue weighted by Gasteiger charge is -2.00. The summed E-state index contributed by atoms with van der Waals surface area (Å²) in [5, 5.41) is 8.19. The van der Waals surface area contributed by atoms with Gasteiger partial charge in [0.1, 0.15) is 0 Å². The van der Waals surface area contributed by atoms with Crippen molar-refractivity contribution in [2.45, 2.75) is 32.6 Å². The molecule has 0 saturated carbocycles. The van der Waals surface area contributed by atoms with Crippen molar-refractivity contribution in [3.8, 4) is 0 Å². The molecule has 2 rings (SSSR count). The summed E-state index contributed by atoms with van der Waals surface area (Å²) < 4.78 is 1.69. The average Bonchev–Trinajstić information content (AvgIpc) is 2.70. The van der Waals surface area contributed by atoms with Crippen LogP contribution < -0.4 is 5.32 Å². The molecule has 0 bridgehead atoms. The maximum Gasteiger partial charge on any atom is 0.243 e. The smallest absolute Gasteiger partial charge is 0.243 e. The Morgan fingerprint density at radius 2 is 2.18 bits per heavy atom. The molecule has 0 radical (unpaired) electrons. The number of aromatic nitrogens is 3. The van der Waals surface area contributed by atoms with Crippen molar-refractivity contribution in [1.82, 2.24) is 14.6 Å². The first kappa shape index (κ1) is 12.2. The number of hydrogen-bond acceptors (Lipinski definition) is 3. The van der Waals surface area contributed by atoms with E-state index in [1.54, 1.807) is 10.7 Å². The molecule has 0 aromatic carbocycles. The summed E-state index contributed by atoms with van der Waals surface area (Å²) in [4.78, 5) is 4.35. The molecule has 0 aliphatic heterocycles. The summed E-state index contributed by atoms with van der Waals surface area (Å²) in [7, 11) is 0. The number of pyridine rings is 1.